The largest absolute Gasteiger partial charge is 0.348 e. The highest BCUT2D eigenvalue weighted by molar-refractivity contribution is 5.77. The topological polar surface area (TPSA) is 64.3 Å². The average molecular weight is 265 g/mol. The van der Waals surface area contributed by atoms with Gasteiger partial charge in [-0.15, -0.1) is 0 Å². The lowest BCUT2D eigenvalue weighted by Crippen LogP contribution is -2.45. The SMILES string of the molecule is CN(C)C(=O)CN1CCC(NCc2cn[nH]c2)CC1. The number of aromatic amines is 1. The molecule has 0 radical (unpaired) electrons. The highest BCUT2D eigenvalue weighted by atomic mass is 16.2. The number of H-pyrrole nitrogens is 1. The zero-order chi connectivity index (χ0) is 13.7. The van der Waals surface area contributed by atoms with Crippen LogP contribution in [0, 0.1) is 0 Å². The van der Waals surface area contributed by atoms with Crippen LogP contribution in [0.3, 0.4) is 0 Å². The van der Waals surface area contributed by atoms with E-state index in [1.54, 1.807) is 4.90 Å². The van der Waals surface area contributed by atoms with Crippen LogP contribution in [0.5, 0.6) is 0 Å². The van der Waals surface area contributed by atoms with Gasteiger partial charge in [-0.2, -0.15) is 5.10 Å². The molecule has 0 aromatic carbocycles. The van der Waals surface area contributed by atoms with Crippen LogP contribution in [-0.4, -0.2) is 65.7 Å². The molecule has 1 aromatic rings. The number of hydrogen-bond acceptors (Lipinski definition) is 4. The number of rotatable bonds is 5. The van der Waals surface area contributed by atoms with Crippen molar-refractivity contribution in [3.05, 3.63) is 18.0 Å². The van der Waals surface area contributed by atoms with Gasteiger partial charge in [0.2, 0.25) is 5.91 Å². The second-order valence-electron chi connectivity index (χ2n) is 5.33. The van der Waals surface area contributed by atoms with Crippen molar-refractivity contribution in [1.29, 1.82) is 0 Å². The Labute approximate surface area is 114 Å². The summed E-state index contributed by atoms with van der Waals surface area (Å²) in [6.07, 6.45) is 5.95. The van der Waals surface area contributed by atoms with Gasteiger partial charge in [0.25, 0.3) is 0 Å². The van der Waals surface area contributed by atoms with E-state index in [4.69, 9.17) is 0 Å². The van der Waals surface area contributed by atoms with Crippen molar-refractivity contribution in [2.24, 2.45) is 0 Å². The summed E-state index contributed by atoms with van der Waals surface area (Å²) >= 11 is 0. The summed E-state index contributed by atoms with van der Waals surface area (Å²) in [5.74, 6) is 0.185. The van der Waals surface area contributed by atoms with Crippen LogP contribution in [0.15, 0.2) is 12.4 Å². The van der Waals surface area contributed by atoms with Crippen molar-refractivity contribution in [3.8, 4) is 0 Å². The van der Waals surface area contributed by atoms with Gasteiger partial charge in [0.1, 0.15) is 0 Å². The van der Waals surface area contributed by atoms with E-state index in [9.17, 15) is 4.79 Å². The molecule has 19 heavy (non-hydrogen) atoms. The third-order valence-corrected chi connectivity index (χ3v) is 3.59. The molecule has 2 heterocycles. The summed E-state index contributed by atoms with van der Waals surface area (Å²) in [4.78, 5) is 15.5. The first-order valence-electron chi connectivity index (χ1n) is 6.78. The molecule has 106 valence electrons. The van der Waals surface area contributed by atoms with Crippen LogP contribution >= 0.6 is 0 Å². The molecule has 1 aromatic heterocycles. The van der Waals surface area contributed by atoms with Crippen molar-refractivity contribution in [1.82, 2.24) is 25.3 Å². The maximum Gasteiger partial charge on any atom is 0.236 e. The van der Waals surface area contributed by atoms with E-state index in [2.05, 4.69) is 20.4 Å². The highest BCUT2D eigenvalue weighted by Gasteiger charge is 2.20. The number of piperidine rings is 1. The quantitative estimate of drug-likeness (QED) is 0.790. The van der Waals surface area contributed by atoms with Crippen LogP contribution in [0.1, 0.15) is 18.4 Å². The van der Waals surface area contributed by atoms with E-state index in [0.717, 1.165) is 32.5 Å². The summed E-state index contributed by atoms with van der Waals surface area (Å²) in [6, 6.07) is 0.542. The van der Waals surface area contributed by atoms with Crippen molar-refractivity contribution < 1.29 is 4.79 Å². The number of likely N-dealkylation sites (N-methyl/N-ethyl adjacent to an activating group) is 1. The predicted octanol–water partition coefficient (Wildman–Crippen LogP) is 0.0519. The number of amides is 1. The smallest absolute Gasteiger partial charge is 0.236 e. The molecule has 0 bridgehead atoms. The Kier molecular flexibility index (Phi) is 4.93. The molecule has 1 fully saturated rings. The van der Waals surface area contributed by atoms with Gasteiger partial charge >= 0.3 is 0 Å². The Bertz CT molecular complexity index is 382. The van der Waals surface area contributed by atoms with Crippen molar-refractivity contribution in [2.45, 2.75) is 25.4 Å². The molecule has 2 N–H and O–H groups in total. The third kappa shape index (κ3) is 4.33. The van der Waals surface area contributed by atoms with Gasteiger partial charge < -0.3 is 10.2 Å². The van der Waals surface area contributed by atoms with Gasteiger partial charge in [0.05, 0.1) is 12.7 Å². The summed E-state index contributed by atoms with van der Waals surface area (Å²) in [5.41, 5.74) is 1.19. The van der Waals surface area contributed by atoms with E-state index in [-0.39, 0.29) is 5.91 Å². The van der Waals surface area contributed by atoms with Crippen molar-refractivity contribution in [3.63, 3.8) is 0 Å². The van der Waals surface area contributed by atoms with Crippen molar-refractivity contribution >= 4 is 5.91 Å². The Morgan fingerprint density at radius 1 is 1.53 bits per heavy atom. The van der Waals surface area contributed by atoms with Gasteiger partial charge in [0.15, 0.2) is 0 Å². The van der Waals surface area contributed by atoms with Gasteiger partial charge in [-0.1, -0.05) is 0 Å². The van der Waals surface area contributed by atoms with Gasteiger partial charge in [-0.3, -0.25) is 14.8 Å². The molecule has 0 atom stereocenters. The number of hydrogen-bond donors (Lipinski definition) is 2. The summed E-state index contributed by atoms with van der Waals surface area (Å²) in [7, 11) is 3.61. The highest BCUT2D eigenvalue weighted by Crippen LogP contribution is 2.11. The molecule has 0 saturated carbocycles. The molecule has 0 spiro atoms. The second kappa shape index (κ2) is 6.68. The van der Waals surface area contributed by atoms with E-state index in [1.165, 1.54) is 5.56 Å². The number of nitrogens with one attached hydrogen (secondary N) is 2. The van der Waals surface area contributed by atoms with E-state index < -0.39 is 0 Å². The maximum atomic E-state index is 11.6. The van der Waals surface area contributed by atoms with E-state index >= 15 is 0 Å². The molecule has 6 nitrogen and oxygen atoms in total. The molecule has 6 heteroatoms. The Morgan fingerprint density at radius 3 is 2.84 bits per heavy atom. The summed E-state index contributed by atoms with van der Waals surface area (Å²) in [5, 5.41) is 10.3. The predicted molar refractivity (Wildman–Crippen MR) is 73.6 cm³/mol. The third-order valence-electron chi connectivity index (χ3n) is 3.59. The average Bonchev–Trinajstić information content (AvgIpc) is 2.91. The van der Waals surface area contributed by atoms with Crippen LogP contribution in [0.4, 0.5) is 0 Å². The van der Waals surface area contributed by atoms with Crippen molar-refractivity contribution in [2.75, 3.05) is 33.7 Å². The molecule has 1 saturated heterocycles. The molecule has 2 rings (SSSR count). The minimum atomic E-state index is 0.185. The Hall–Kier alpha value is -1.40. The molecule has 1 amide bonds. The van der Waals surface area contributed by atoms with Gasteiger partial charge in [-0.25, -0.2) is 0 Å². The second-order valence-corrected chi connectivity index (χ2v) is 5.33. The number of nitrogens with zero attached hydrogens (tertiary/aromatic N) is 3. The fourth-order valence-electron chi connectivity index (χ4n) is 2.26. The minimum Gasteiger partial charge on any atom is -0.348 e. The number of carbonyl (C=O) groups is 1. The number of likely N-dealkylation sites (tertiary alicyclic amines) is 1. The monoisotopic (exact) mass is 265 g/mol. The maximum absolute atomic E-state index is 11.6. The lowest BCUT2D eigenvalue weighted by atomic mass is 10.0. The van der Waals surface area contributed by atoms with Crippen LogP contribution in [-0.2, 0) is 11.3 Å². The zero-order valence-corrected chi connectivity index (χ0v) is 11.7. The molecule has 0 aliphatic carbocycles. The van der Waals surface area contributed by atoms with Gasteiger partial charge in [0, 0.05) is 51.5 Å². The summed E-state index contributed by atoms with van der Waals surface area (Å²) < 4.78 is 0. The molecule has 1 aliphatic rings. The van der Waals surface area contributed by atoms with E-state index in [0.29, 0.717) is 12.6 Å². The lowest BCUT2D eigenvalue weighted by Gasteiger charge is -2.32. The standard InChI is InChI=1S/C13H23N5O/c1-17(2)13(19)10-18-5-3-12(4-6-18)14-7-11-8-15-16-9-11/h8-9,12,14H,3-7,10H2,1-2H3,(H,15,16). The molecule has 1 aliphatic heterocycles. The molecular weight excluding hydrogens is 242 g/mol. The number of carbonyl (C=O) groups excluding carboxylic acids is 1. The minimum absolute atomic E-state index is 0.185. The van der Waals surface area contributed by atoms with Crippen LogP contribution in [0.25, 0.3) is 0 Å². The van der Waals surface area contributed by atoms with Crippen LogP contribution in [0.2, 0.25) is 0 Å². The first-order valence-corrected chi connectivity index (χ1v) is 6.78. The lowest BCUT2D eigenvalue weighted by molar-refractivity contribution is -0.130. The first kappa shape index (κ1) is 14.0. The molecule has 0 unspecified atom stereocenters. The van der Waals surface area contributed by atoms with Gasteiger partial charge in [-0.05, 0) is 12.8 Å². The first-order chi connectivity index (χ1) is 9.15. The van der Waals surface area contributed by atoms with E-state index in [1.807, 2.05) is 26.5 Å². The summed E-state index contributed by atoms with van der Waals surface area (Å²) in [6.45, 7) is 3.38. The normalized spacial score (nSPS) is 17.6. The van der Waals surface area contributed by atoms with Crippen LogP contribution < -0.4 is 5.32 Å². The Balaban J connectivity index is 1.66. The molecular formula is C13H23N5O. The number of aromatic nitrogens is 2. The fraction of sp³-hybridized carbons (Fsp3) is 0.692. The Morgan fingerprint density at radius 2 is 2.26 bits per heavy atom. The zero-order valence-electron chi connectivity index (χ0n) is 11.7. The fourth-order valence-corrected chi connectivity index (χ4v) is 2.26.